The van der Waals surface area contributed by atoms with Crippen LogP contribution in [0.4, 0.5) is 4.79 Å². The minimum Gasteiger partial charge on any atom is -0.378 e. The van der Waals surface area contributed by atoms with Gasteiger partial charge in [0.25, 0.3) is 0 Å². The van der Waals surface area contributed by atoms with Crippen LogP contribution < -0.4 is 5.32 Å². The third-order valence-electron chi connectivity index (χ3n) is 5.26. The molecule has 0 aromatic heterocycles. The van der Waals surface area contributed by atoms with Crippen molar-refractivity contribution in [2.75, 3.05) is 45.9 Å². The number of carbonyl (C=O) groups excluding carboxylic acids is 1. The van der Waals surface area contributed by atoms with Crippen molar-refractivity contribution in [3.05, 3.63) is 34.9 Å². The van der Waals surface area contributed by atoms with Crippen LogP contribution in [0.5, 0.6) is 0 Å². The van der Waals surface area contributed by atoms with Crippen molar-refractivity contribution in [3.63, 3.8) is 0 Å². The Kier molecular flexibility index (Phi) is 6.57. The van der Waals surface area contributed by atoms with Crippen LogP contribution in [0.2, 0.25) is 5.02 Å². The van der Waals surface area contributed by atoms with Crippen molar-refractivity contribution in [3.8, 4) is 0 Å². The van der Waals surface area contributed by atoms with Gasteiger partial charge in [0.15, 0.2) is 0 Å². The molecule has 0 bridgehead atoms. The average molecular weight is 366 g/mol. The van der Waals surface area contributed by atoms with Crippen LogP contribution in [0.25, 0.3) is 0 Å². The van der Waals surface area contributed by atoms with Crippen molar-refractivity contribution >= 4 is 17.6 Å². The van der Waals surface area contributed by atoms with E-state index < -0.39 is 0 Å². The number of carbonyl (C=O) groups is 1. The van der Waals surface area contributed by atoms with Crippen molar-refractivity contribution < 1.29 is 9.53 Å². The zero-order valence-corrected chi connectivity index (χ0v) is 15.7. The molecule has 1 aromatic rings. The van der Waals surface area contributed by atoms with E-state index in [1.165, 1.54) is 18.4 Å². The summed E-state index contributed by atoms with van der Waals surface area (Å²) in [6.07, 6.45) is 2.42. The van der Waals surface area contributed by atoms with E-state index in [9.17, 15) is 4.79 Å². The summed E-state index contributed by atoms with van der Waals surface area (Å²) in [5, 5.41) is 3.87. The molecule has 138 valence electrons. The number of hydrogen-bond donors (Lipinski definition) is 1. The normalized spacial score (nSPS) is 21.1. The maximum atomic E-state index is 12.4. The van der Waals surface area contributed by atoms with Crippen molar-refractivity contribution in [2.45, 2.75) is 25.8 Å². The number of halogens is 1. The van der Waals surface area contributed by atoms with Gasteiger partial charge in [0.2, 0.25) is 0 Å². The topological polar surface area (TPSA) is 44.8 Å². The largest absolute Gasteiger partial charge is 0.378 e. The predicted molar refractivity (Wildman–Crippen MR) is 100.0 cm³/mol. The molecule has 2 heterocycles. The van der Waals surface area contributed by atoms with E-state index in [0.29, 0.717) is 32.8 Å². The first-order valence-electron chi connectivity index (χ1n) is 9.23. The standard InChI is InChI=1S/C19H28ClN3O2/c1-15-6-8-22(9-7-15)18(16-2-4-17(20)5-3-16)14-21-19(24)23-10-12-25-13-11-23/h2-5,15,18H,6-14H2,1H3,(H,21,24). The summed E-state index contributed by atoms with van der Waals surface area (Å²) < 4.78 is 5.32. The molecule has 0 aliphatic carbocycles. The van der Waals surface area contributed by atoms with E-state index in [2.05, 4.69) is 29.3 Å². The molecule has 2 aliphatic rings. The Balaban J connectivity index is 1.65. The van der Waals surface area contributed by atoms with E-state index in [1.807, 2.05) is 17.0 Å². The van der Waals surface area contributed by atoms with Crippen LogP contribution in [0.15, 0.2) is 24.3 Å². The van der Waals surface area contributed by atoms with Gasteiger partial charge in [-0.2, -0.15) is 0 Å². The highest BCUT2D eigenvalue weighted by molar-refractivity contribution is 6.30. The Hall–Kier alpha value is -1.30. The van der Waals surface area contributed by atoms with Gasteiger partial charge in [0.1, 0.15) is 0 Å². The lowest BCUT2D eigenvalue weighted by Crippen LogP contribution is -2.49. The monoisotopic (exact) mass is 365 g/mol. The van der Waals surface area contributed by atoms with Crippen molar-refractivity contribution in [2.24, 2.45) is 5.92 Å². The molecule has 25 heavy (non-hydrogen) atoms. The van der Waals surface area contributed by atoms with Crippen molar-refractivity contribution in [1.82, 2.24) is 15.1 Å². The molecule has 0 spiro atoms. The molecule has 2 saturated heterocycles. The first-order valence-corrected chi connectivity index (χ1v) is 9.61. The third kappa shape index (κ3) is 5.09. The minimum atomic E-state index is 0.00708. The number of ether oxygens (including phenoxy) is 1. The molecule has 5 nitrogen and oxygen atoms in total. The first kappa shape index (κ1) is 18.5. The second-order valence-corrected chi connectivity index (χ2v) is 7.51. The predicted octanol–water partition coefficient (Wildman–Crippen LogP) is 3.15. The second-order valence-electron chi connectivity index (χ2n) is 7.07. The molecule has 1 aromatic carbocycles. The lowest BCUT2D eigenvalue weighted by atomic mass is 9.95. The van der Waals surface area contributed by atoms with Crippen molar-refractivity contribution in [1.29, 1.82) is 0 Å². The molecule has 2 fully saturated rings. The second kappa shape index (κ2) is 8.88. The van der Waals surface area contributed by atoms with Gasteiger partial charge in [-0.1, -0.05) is 30.7 Å². The van der Waals surface area contributed by atoms with Crippen LogP contribution >= 0.6 is 11.6 Å². The minimum absolute atomic E-state index is 0.00708. The Morgan fingerprint density at radius 1 is 1.20 bits per heavy atom. The molecular weight excluding hydrogens is 338 g/mol. The van der Waals surface area contributed by atoms with Gasteiger partial charge in [0, 0.05) is 24.7 Å². The lowest BCUT2D eigenvalue weighted by Gasteiger charge is -2.37. The number of benzene rings is 1. The third-order valence-corrected chi connectivity index (χ3v) is 5.51. The number of nitrogens with zero attached hydrogens (tertiary/aromatic N) is 2. The number of morpholine rings is 1. The van der Waals surface area contributed by atoms with E-state index >= 15 is 0 Å². The molecule has 2 amide bonds. The number of nitrogens with one attached hydrogen (secondary N) is 1. The van der Waals surface area contributed by atoms with Crippen LogP contribution in [0, 0.1) is 5.92 Å². The molecule has 3 rings (SSSR count). The van der Waals surface area contributed by atoms with Gasteiger partial charge in [0.05, 0.1) is 19.3 Å². The van der Waals surface area contributed by atoms with Crippen LogP contribution in [-0.2, 0) is 4.74 Å². The molecule has 1 unspecified atom stereocenters. The Bertz CT molecular complexity index is 552. The molecule has 1 N–H and O–H groups in total. The van der Waals surface area contributed by atoms with Gasteiger partial charge in [-0.05, 0) is 49.5 Å². The Morgan fingerprint density at radius 3 is 2.48 bits per heavy atom. The maximum absolute atomic E-state index is 12.4. The lowest BCUT2D eigenvalue weighted by molar-refractivity contribution is 0.0522. The van der Waals surface area contributed by atoms with Gasteiger partial charge in [-0.15, -0.1) is 0 Å². The van der Waals surface area contributed by atoms with Crippen LogP contribution in [-0.4, -0.2) is 61.8 Å². The van der Waals surface area contributed by atoms with E-state index in [0.717, 1.165) is 24.0 Å². The van der Waals surface area contributed by atoms with E-state index in [4.69, 9.17) is 16.3 Å². The van der Waals surface area contributed by atoms with Gasteiger partial charge in [-0.25, -0.2) is 4.79 Å². The highest BCUT2D eigenvalue weighted by Gasteiger charge is 2.26. The molecule has 1 atom stereocenters. The summed E-state index contributed by atoms with van der Waals surface area (Å²) in [4.78, 5) is 16.8. The Morgan fingerprint density at radius 2 is 1.84 bits per heavy atom. The quantitative estimate of drug-likeness (QED) is 0.891. The smallest absolute Gasteiger partial charge is 0.317 e. The fourth-order valence-electron chi connectivity index (χ4n) is 3.55. The van der Waals surface area contributed by atoms with Gasteiger partial charge in [-0.3, -0.25) is 4.90 Å². The number of likely N-dealkylation sites (tertiary alicyclic amines) is 1. The van der Waals surface area contributed by atoms with Crippen LogP contribution in [0.3, 0.4) is 0 Å². The SMILES string of the molecule is CC1CCN(C(CNC(=O)N2CCOCC2)c2ccc(Cl)cc2)CC1. The number of piperidine rings is 1. The Labute approximate surface area is 155 Å². The average Bonchev–Trinajstić information content (AvgIpc) is 2.65. The summed E-state index contributed by atoms with van der Waals surface area (Å²) >= 11 is 6.05. The molecule has 0 saturated carbocycles. The number of rotatable bonds is 4. The number of amides is 2. The molecule has 6 heteroatoms. The zero-order valence-electron chi connectivity index (χ0n) is 14.9. The highest BCUT2D eigenvalue weighted by atomic mass is 35.5. The summed E-state index contributed by atoms with van der Waals surface area (Å²) in [5.41, 5.74) is 1.21. The van der Waals surface area contributed by atoms with E-state index in [1.54, 1.807) is 0 Å². The van der Waals surface area contributed by atoms with E-state index in [-0.39, 0.29) is 12.1 Å². The molecule has 2 aliphatic heterocycles. The maximum Gasteiger partial charge on any atom is 0.317 e. The van der Waals surface area contributed by atoms with Crippen LogP contribution in [0.1, 0.15) is 31.4 Å². The highest BCUT2D eigenvalue weighted by Crippen LogP contribution is 2.27. The summed E-state index contributed by atoms with van der Waals surface area (Å²) in [5.74, 6) is 0.782. The van der Waals surface area contributed by atoms with Gasteiger partial charge < -0.3 is 15.0 Å². The number of urea groups is 1. The molecular formula is C19H28ClN3O2. The fraction of sp³-hybridized carbons (Fsp3) is 0.632. The van der Waals surface area contributed by atoms with Gasteiger partial charge >= 0.3 is 6.03 Å². The fourth-order valence-corrected chi connectivity index (χ4v) is 3.67. The number of hydrogen-bond acceptors (Lipinski definition) is 3. The first-order chi connectivity index (χ1) is 12.1. The zero-order chi connectivity index (χ0) is 17.6. The summed E-state index contributed by atoms with van der Waals surface area (Å²) in [7, 11) is 0. The summed E-state index contributed by atoms with van der Waals surface area (Å²) in [6.45, 7) is 7.65. The molecule has 0 radical (unpaired) electrons. The summed E-state index contributed by atoms with van der Waals surface area (Å²) in [6, 6.07) is 8.21.